The molecule has 0 atom stereocenters. The molecule has 1 aliphatic rings. The summed E-state index contributed by atoms with van der Waals surface area (Å²) in [6, 6.07) is 5.36. The number of hydrogen-bond donors (Lipinski definition) is 2. The summed E-state index contributed by atoms with van der Waals surface area (Å²) in [5.74, 6) is -0.267. The van der Waals surface area contributed by atoms with Crippen molar-refractivity contribution < 1.29 is 14.3 Å². The number of nitrogens with two attached hydrogens (primary N) is 1. The fourth-order valence-electron chi connectivity index (χ4n) is 2.63. The highest BCUT2D eigenvalue weighted by Crippen LogP contribution is 2.26. The van der Waals surface area contributed by atoms with Crippen LogP contribution in [0, 0.1) is 5.92 Å². The monoisotopic (exact) mass is 291 g/mol. The number of nitrogens with zero attached hydrogens (tertiary/aromatic N) is 1. The van der Waals surface area contributed by atoms with E-state index in [0.717, 1.165) is 31.6 Å². The third-order valence-electron chi connectivity index (χ3n) is 3.92. The molecule has 3 N–H and O–H groups in total. The van der Waals surface area contributed by atoms with Gasteiger partial charge in [-0.15, -0.1) is 0 Å². The average Bonchev–Trinajstić information content (AvgIpc) is 2.54. The largest absolute Gasteiger partial charge is 0.465 e. The van der Waals surface area contributed by atoms with Crippen LogP contribution in [0.2, 0.25) is 0 Å². The van der Waals surface area contributed by atoms with Crippen LogP contribution in [0.25, 0.3) is 0 Å². The standard InChI is InChI=1S/C15H21N3O3/c1-17-14(19)10-5-7-18(8-6-10)11-3-4-13(16)12(9-11)15(20)21-2/h3-4,9-10H,5-8,16H2,1-2H3,(H,17,19). The maximum absolute atomic E-state index is 11.7. The van der Waals surface area contributed by atoms with Crippen LogP contribution in [-0.4, -0.2) is 39.1 Å². The molecule has 1 fully saturated rings. The Morgan fingerprint density at radius 2 is 2.00 bits per heavy atom. The van der Waals surface area contributed by atoms with E-state index in [0.29, 0.717) is 11.3 Å². The first-order valence-corrected chi connectivity index (χ1v) is 7.01. The quantitative estimate of drug-likeness (QED) is 0.641. The molecule has 1 aromatic carbocycles. The van der Waals surface area contributed by atoms with Crippen molar-refractivity contribution in [3.05, 3.63) is 23.8 Å². The van der Waals surface area contributed by atoms with Crippen LogP contribution in [0.4, 0.5) is 11.4 Å². The molecule has 0 aromatic heterocycles. The lowest BCUT2D eigenvalue weighted by Crippen LogP contribution is -2.39. The lowest BCUT2D eigenvalue weighted by atomic mass is 9.95. The number of methoxy groups -OCH3 is 1. The van der Waals surface area contributed by atoms with Gasteiger partial charge in [-0.05, 0) is 31.0 Å². The number of nitrogen functional groups attached to an aromatic ring is 1. The van der Waals surface area contributed by atoms with Crippen molar-refractivity contribution in [1.29, 1.82) is 0 Å². The fraction of sp³-hybridized carbons (Fsp3) is 0.467. The summed E-state index contributed by atoms with van der Waals surface area (Å²) in [6.07, 6.45) is 1.61. The van der Waals surface area contributed by atoms with Crippen LogP contribution < -0.4 is 16.0 Å². The zero-order valence-electron chi connectivity index (χ0n) is 12.4. The van der Waals surface area contributed by atoms with Gasteiger partial charge in [0.2, 0.25) is 5.91 Å². The number of ether oxygens (including phenoxy) is 1. The minimum atomic E-state index is -0.436. The lowest BCUT2D eigenvalue weighted by molar-refractivity contribution is -0.125. The molecule has 6 heteroatoms. The minimum absolute atomic E-state index is 0.0695. The highest BCUT2D eigenvalue weighted by Gasteiger charge is 2.25. The van der Waals surface area contributed by atoms with E-state index < -0.39 is 5.97 Å². The number of carbonyl (C=O) groups excluding carboxylic acids is 2. The van der Waals surface area contributed by atoms with Crippen molar-refractivity contribution in [2.45, 2.75) is 12.8 Å². The zero-order valence-corrected chi connectivity index (χ0v) is 12.4. The maximum atomic E-state index is 11.7. The molecule has 114 valence electrons. The maximum Gasteiger partial charge on any atom is 0.340 e. The van der Waals surface area contributed by atoms with Gasteiger partial charge in [-0.1, -0.05) is 0 Å². The van der Waals surface area contributed by atoms with E-state index in [-0.39, 0.29) is 11.8 Å². The second-order valence-corrected chi connectivity index (χ2v) is 5.14. The van der Waals surface area contributed by atoms with Gasteiger partial charge in [0.05, 0.1) is 12.7 Å². The van der Waals surface area contributed by atoms with Gasteiger partial charge in [-0.3, -0.25) is 4.79 Å². The summed E-state index contributed by atoms with van der Waals surface area (Å²) in [5.41, 5.74) is 7.52. The molecule has 1 amide bonds. The molecule has 0 bridgehead atoms. The number of carbonyl (C=O) groups is 2. The van der Waals surface area contributed by atoms with E-state index >= 15 is 0 Å². The van der Waals surface area contributed by atoms with Crippen molar-refractivity contribution in [3.8, 4) is 0 Å². The van der Waals surface area contributed by atoms with E-state index in [4.69, 9.17) is 10.5 Å². The smallest absolute Gasteiger partial charge is 0.340 e. The number of esters is 1. The third kappa shape index (κ3) is 3.26. The van der Waals surface area contributed by atoms with Crippen molar-refractivity contribution in [3.63, 3.8) is 0 Å². The van der Waals surface area contributed by atoms with E-state index in [1.807, 2.05) is 6.07 Å². The Morgan fingerprint density at radius 1 is 1.33 bits per heavy atom. The van der Waals surface area contributed by atoms with Gasteiger partial charge >= 0.3 is 5.97 Å². The summed E-state index contributed by atoms with van der Waals surface area (Å²) in [5, 5.41) is 2.69. The van der Waals surface area contributed by atoms with Gasteiger partial charge in [0.15, 0.2) is 0 Å². The fourth-order valence-corrected chi connectivity index (χ4v) is 2.63. The first-order valence-electron chi connectivity index (χ1n) is 7.01. The molecule has 6 nitrogen and oxygen atoms in total. The van der Waals surface area contributed by atoms with Crippen molar-refractivity contribution in [1.82, 2.24) is 5.32 Å². The van der Waals surface area contributed by atoms with Gasteiger partial charge in [0.1, 0.15) is 0 Å². The molecule has 2 rings (SSSR count). The summed E-state index contributed by atoms with van der Waals surface area (Å²) >= 11 is 0. The second-order valence-electron chi connectivity index (χ2n) is 5.14. The highest BCUT2D eigenvalue weighted by atomic mass is 16.5. The van der Waals surface area contributed by atoms with E-state index in [1.54, 1.807) is 19.2 Å². The van der Waals surface area contributed by atoms with Crippen molar-refractivity contribution in [2.75, 3.05) is 37.9 Å². The molecule has 1 saturated heterocycles. The first kappa shape index (κ1) is 15.2. The predicted molar refractivity (Wildman–Crippen MR) is 81.2 cm³/mol. The molecule has 0 aliphatic carbocycles. The highest BCUT2D eigenvalue weighted by molar-refractivity contribution is 5.96. The van der Waals surface area contributed by atoms with Crippen LogP contribution in [0.15, 0.2) is 18.2 Å². The number of amides is 1. The van der Waals surface area contributed by atoms with Crippen LogP contribution in [-0.2, 0) is 9.53 Å². The summed E-state index contributed by atoms with van der Waals surface area (Å²) in [6.45, 7) is 1.56. The third-order valence-corrected chi connectivity index (χ3v) is 3.92. The number of anilines is 2. The predicted octanol–water partition coefficient (Wildman–Crippen LogP) is 1.02. The Balaban J connectivity index is 2.10. The van der Waals surface area contributed by atoms with Gasteiger partial charge in [-0.2, -0.15) is 0 Å². The van der Waals surface area contributed by atoms with Crippen LogP contribution in [0.3, 0.4) is 0 Å². The Bertz CT molecular complexity index is 537. The Morgan fingerprint density at radius 3 is 2.57 bits per heavy atom. The summed E-state index contributed by atoms with van der Waals surface area (Å²) in [4.78, 5) is 25.5. The second kappa shape index (κ2) is 6.47. The number of rotatable bonds is 3. The molecule has 0 spiro atoms. The minimum Gasteiger partial charge on any atom is -0.465 e. The molecule has 1 aromatic rings. The Kier molecular flexibility index (Phi) is 4.67. The molecule has 1 heterocycles. The van der Waals surface area contributed by atoms with Gasteiger partial charge < -0.3 is 20.7 Å². The molecule has 0 radical (unpaired) electrons. The van der Waals surface area contributed by atoms with Crippen LogP contribution >= 0.6 is 0 Å². The molecular weight excluding hydrogens is 270 g/mol. The van der Waals surface area contributed by atoms with Crippen molar-refractivity contribution in [2.24, 2.45) is 5.92 Å². The van der Waals surface area contributed by atoms with Crippen LogP contribution in [0.5, 0.6) is 0 Å². The average molecular weight is 291 g/mol. The van der Waals surface area contributed by atoms with Crippen molar-refractivity contribution >= 4 is 23.3 Å². The molecular formula is C15H21N3O3. The number of nitrogens with one attached hydrogen (secondary N) is 1. The number of benzene rings is 1. The summed E-state index contributed by atoms with van der Waals surface area (Å²) < 4.78 is 4.73. The lowest BCUT2D eigenvalue weighted by Gasteiger charge is -2.33. The Labute approximate surface area is 124 Å². The molecule has 0 unspecified atom stereocenters. The van der Waals surface area contributed by atoms with Gasteiger partial charge in [0.25, 0.3) is 0 Å². The van der Waals surface area contributed by atoms with E-state index in [2.05, 4.69) is 10.2 Å². The molecule has 1 aliphatic heterocycles. The van der Waals surface area contributed by atoms with Gasteiger partial charge in [-0.25, -0.2) is 4.79 Å². The SMILES string of the molecule is CNC(=O)C1CCN(c2ccc(N)c(C(=O)OC)c2)CC1. The number of piperidine rings is 1. The summed E-state index contributed by atoms with van der Waals surface area (Å²) in [7, 11) is 3.00. The van der Waals surface area contributed by atoms with Crippen LogP contribution in [0.1, 0.15) is 23.2 Å². The van der Waals surface area contributed by atoms with E-state index in [1.165, 1.54) is 7.11 Å². The Hall–Kier alpha value is -2.24. The topological polar surface area (TPSA) is 84.7 Å². The van der Waals surface area contributed by atoms with Gasteiger partial charge in [0, 0.05) is 37.4 Å². The molecule has 21 heavy (non-hydrogen) atoms. The molecule has 0 saturated carbocycles. The number of hydrogen-bond acceptors (Lipinski definition) is 5. The zero-order chi connectivity index (χ0) is 15.4. The first-order chi connectivity index (χ1) is 10.1. The van der Waals surface area contributed by atoms with E-state index in [9.17, 15) is 9.59 Å². The normalized spacial score (nSPS) is 15.6.